The number of carbonyl (C=O) groups excluding carboxylic acids is 3. The molecule has 1 aromatic carbocycles. The molecule has 0 fully saturated rings. The van der Waals surface area contributed by atoms with Crippen LogP contribution in [0.1, 0.15) is 37.6 Å². The van der Waals surface area contributed by atoms with Crippen LogP contribution < -0.4 is 10.1 Å². The Labute approximate surface area is 197 Å². The molecule has 1 heterocycles. The van der Waals surface area contributed by atoms with Gasteiger partial charge >= 0.3 is 0 Å². The molecular weight excluding hydrogens is 424 g/mol. The van der Waals surface area contributed by atoms with E-state index in [1.165, 1.54) is 0 Å². The highest BCUT2D eigenvalue weighted by Gasteiger charge is 2.30. The molecule has 9 nitrogen and oxygen atoms in total. The van der Waals surface area contributed by atoms with E-state index >= 15 is 0 Å². The second-order valence-corrected chi connectivity index (χ2v) is 8.99. The number of benzene rings is 1. The second kappa shape index (κ2) is 12.0. The van der Waals surface area contributed by atoms with Crippen LogP contribution in [0.5, 0.6) is 5.75 Å². The third-order valence-electron chi connectivity index (χ3n) is 5.82. The van der Waals surface area contributed by atoms with E-state index in [1.54, 1.807) is 44.2 Å². The molecule has 2 rings (SSSR count). The average molecular weight is 463 g/mol. The molecule has 1 aliphatic heterocycles. The van der Waals surface area contributed by atoms with Crippen molar-refractivity contribution in [1.29, 1.82) is 0 Å². The molecule has 33 heavy (non-hydrogen) atoms. The van der Waals surface area contributed by atoms with Crippen LogP contribution in [-0.4, -0.2) is 99.1 Å². The standard InChI is InChI=1S/C24H38N4O5/c1-8-22(29)25-18-9-10-20-19(11-18)24(31)27(6)13-21(32-7)16(2)12-28(17(3)15-33-20)23(30)14-26(4)5/h9-11,16-17,21H,8,12-15H2,1-7H3,(H,25,29)/t16-,17+,21-/m1/s1. The van der Waals surface area contributed by atoms with Crippen molar-refractivity contribution in [1.82, 2.24) is 14.7 Å². The predicted octanol–water partition coefficient (Wildman–Crippen LogP) is 1.93. The quantitative estimate of drug-likeness (QED) is 0.719. The predicted molar refractivity (Wildman–Crippen MR) is 128 cm³/mol. The number of anilines is 1. The van der Waals surface area contributed by atoms with E-state index in [0.717, 1.165) is 0 Å². The van der Waals surface area contributed by atoms with Crippen LogP contribution in [0.2, 0.25) is 0 Å². The Bertz CT molecular complexity index is 844. The van der Waals surface area contributed by atoms with E-state index in [4.69, 9.17) is 9.47 Å². The van der Waals surface area contributed by atoms with Gasteiger partial charge in [-0.25, -0.2) is 0 Å². The fourth-order valence-electron chi connectivity index (χ4n) is 3.81. The van der Waals surface area contributed by atoms with Gasteiger partial charge in [-0.3, -0.25) is 14.4 Å². The molecule has 1 N–H and O–H groups in total. The third kappa shape index (κ3) is 7.17. The zero-order valence-electron chi connectivity index (χ0n) is 20.9. The summed E-state index contributed by atoms with van der Waals surface area (Å²) in [5, 5.41) is 2.79. The average Bonchev–Trinajstić information content (AvgIpc) is 2.77. The number of hydrogen-bond donors (Lipinski definition) is 1. The summed E-state index contributed by atoms with van der Waals surface area (Å²) in [6.45, 7) is 7.10. The molecule has 0 unspecified atom stereocenters. The molecule has 0 bridgehead atoms. The van der Waals surface area contributed by atoms with Gasteiger partial charge in [0.05, 0.1) is 24.3 Å². The van der Waals surface area contributed by atoms with E-state index < -0.39 is 0 Å². The van der Waals surface area contributed by atoms with E-state index in [1.807, 2.05) is 37.7 Å². The molecule has 0 aliphatic carbocycles. The number of rotatable bonds is 5. The number of likely N-dealkylation sites (N-methyl/N-ethyl adjacent to an activating group) is 2. The van der Waals surface area contributed by atoms with Crippen molar-refractivity contribution in [2.45, 2.75) is 39.3 Å². The number of nitrogens with one attached hydrogen (secondary N) is 1. The number of ether oxygens (including phenoxy) is 2. The van der Waals surface area contributed by atoms with Crippen LogP contribution >= 0.6 is 0 Å². The summed E-state index contributed by atoms with van der Waals surface area (Å²) in [5.41, 5.74) is 0.887. The minimum atomic E-state index is -0.257. The Morgan fingerprint density at radius 2 is 1.94 bits per heavy atom. The number of hydrogen-bond acceptors (Lipinski definition) is 6. The first kappa shape index (κ1) is 26.6. The fourth-order valence-corrected chi connectivity index (χ4v) is 3.81. The van der Waals surface area contributed by atoms with Gasteiger partial charge in [-0.2, -0.15) is 0 Å². The lowest BCUT2D eigenvalue weighted by Crippen LogP contribution is -2.50. The van der Waals surface area contributed by atoms with Crippen LogP contribution in [0.4, 0.5) is 5.69 Å². The van der Waals surface area contributed by atoms with Gasteiger partial charge < -0.3 is 29.5 Å². The normalized spacial score (nSPS) is 22.2. The molecule has 3 atom stereocenters. The molecule has 0 radical (unpaired) electrons. The summed E-state index contributed by atoms with van der Waals surface area (Å²) in [4.78, 5) is 43.4. The summed E-state index contributed by atoms with van der Waals surface area (Å²) < 4.78 is 11.8. The molecule has 184 valence electrons. The van der Waals surface area contributed by atoms with Crippen molar-refractivity contribution >= 4 is 23.4 Å². The van der Waals surface area contributed by atoms with Crippen LogP contribution in [0.25, 0.3) is 0 Å². The first-order chi connectivity index (χ1) is 15.6. The molecule has 0 saturated carbocycles. The zero-order chi connectivity index (χ0) is 24.7. The van der Waals surface area contributed by atoms with E-state index in [9.17, 15) is 14.4 Å². The Morgan fingerprint density at radius 3 is 2.55 bits per heavy atom. The Morgan fingerprint density at radius 1 is 1.24 bits per heavy atom. The molecular formula is C24H38N4O5. The summed E-state index contributed by atoms with van der Waals surface area (Å²) >= 11 is 0. The van der Waals surface area contributed by atoms with Crippen LogP contribution in [-0.2, 0) is 14.3 Å². The molecule has 0 spiro atoms. The minimum absolute atomic E-state index is 0.00659. The SMILES string of the molecule is CCC(=O)Nc1ccc2c(c1)C(=O)N(C)C[C@@H](OC)[C@H](C)CN(C(=O)CN(C)C)[C@@H](C)CO2. The lowest BCUT2D eigenvalue weighted by Gasteiger charge is -2.36. The highest BCUT2D eigenvalue weighted by atomic mass is 16.5. The maximum absolute atomic E-state index is 13.3. The number of nitrogens with zero attached hydrogens (tertiary/aromatic N) is 3. The fraction of sp³-hybridized carbons (Fsp3) is 0.625. The minimum Gasteiger partial charge on any atom is -0.491 e. The van der Waals surface area contributed by atoms with Crippen molar-refractivity contribution in [2.75, 3.05) is 59.8 Å². The van der Waals surface area contributed by atoms with Gasteiger partial charge in [-0.05, 0) is 39.2 Å². The molecule has 9 heteroatoms. The first-order valence-corrected chi connectivity index (χ1v) is 11.4. The molecule has 0 aromatic heterocycles. The van der Waals surface area contributed by atoms with Gasteiger partial charge in [0.2, 0.25) is 11.8 Å². The number of carbonyl (C=O) groups is 3. The van der Waals surface area contributed by atoms with Gasteiger partial charge in [0, 0.05) is 45.3 Å². The lowest BCUT2D eigenvalue weighted by molar-refractivity contribution is -0.136. The van der Waals surface area contributed by atoms with Crippen molar-refractivity contribution < 1.29 is 23.9 Å². The summed E-state index contributed by atoms with van der Waals surface area (Å²) in [7, 11) is 7.06. The third-order valence-corrected chi connectivity index (χ3v) is 5.82. The zero-order valence-corrected chi connectivity index (χ0v) is 20.9. The van der Waals surface area contributed by atoms with Gasteiger partial charge in [-0.15, -0.1) is 0 Å². The number of amides is 3. The number of methoxy groups -OCH3 is 1. The molecule has 1 aromatic rings. The van der Waals surface area contributed by atoms with Crippen molar-refractivity contribution in [3.8, 4) is 5.75 Å². The van der Waals surface area contributed by atoms with Crippen molar-refractivity contribution in [3.05, 3.63) is 23.8 Å². The van der Waals surface area contributed by atoms with E-state index in [0.29, 0.717) is 43.1 Å². The summed E-state index contributed by atoms with van der Waals surface area (Å²) in [5.74, 6) is 0.0585. The van der Waals surface area contributed by atoms with Crippen LogP contribution in [0.3, 0.4) is 0 Å². The molecule has 0 saturated heterocycles. The largest absolute Gasteiger partial charge is 0.491 e. The monoisotopic (exact) mass is 462 g/mol. The van der Waals surface area contributed by atoms with Crippen LogP contribution in [0, 0.1) is 5.92 Å². The first-order valence-electron chi connectivity index (χ1n) is 11.4. The van der Waals surface area contributed by atoms with E-state index in [-0.39, 0.29) is 42.4 Å². The highest BCUT2D eigenvalue weighted by molar-refractivity contribution is 5.99. The van der Waals surface area contributed by atoms with Gasteiger partial charge in [0.15, 0.2) is 0 Å². The number of fused-ring (bicyclic) bond motifs is 1. The Kier molecular flexibility index (Phi) is 9.67. The summed E-state index contributed by atoms with van der Waals surface area (Å²) in [6, 6.07) is 4.83. The summed E-state index contributed by atoms with van der Waals surface area (Å²) in [6.07, 6.45) is 0.0796. The van der Waals surface area contributed by atoms with Crippen LogP contribution in [0.15, 0.2) is 18.2 Å². The molecule has 1 aliphatic rings. The second-order valence-electron chi connectivity index (χ2n) is 8.99. The Balaban J connectivity index is 2.44. The Hall–Kier alpha value is -2.65. The van der Waals surface area contributed by atoms with Gasteiger partial charge in [-0.1, -0.05) is 13.8 Å². The topological polar surface area (TPSA) is 91.4 Å². The maximum Gasteiger partial charge on any atom is 0.257 e. The maximum atomic E-state index is 13.3. The molecule has 3 amide bonds. The van der Waals surface area contributed by atoms with E-state index in [2.05, 4.69) is 5.32 Å². The lowest BCUT2D eigenvalue weighted by atomic mass is 10.0. The van der Waals surface area contributed by atoms with Crippen molar-refractivity contribution in [2.24, 2.45) is 5.92 Å². The van der Waals surface area contributed by atoms with Crippen molar-refractivity contribution in [3.63, 3.8) is 0 Å². The highest BCUT2D eigenvalue weighted by Crippen LogP contribution is 2.26. The van der Waals surface area contributed by atoms with Gasteiger partial charge in [0.1, 0.15) is 12.4 Å². The van der Waals surface area contributed by atoms with Gasteiger partial charge in [0.25, 0.3) is 5.91 Å². The smallest absolute Gasteiger partial charge is 0.257 e.